The number of thioether (sulfide) groups is 1. The number of carbonyl (C=O) groups is 1. The van der Waals surface area contributed by atoms with Crippen molar-refractivity contribution in [2.75, 3.05) is 12.3 Å². The highest BCUT2D eigenvalue weighted by molar-refractivity contribution is 7.98. The third-order valence-corrected chi connectivity index (χ3v) is 4.71. The lowest BCUT2D eigenvalue weighted by molar-refractivity contribution is -0.121. The summed E-state index contributed by atoms with van der Waals surface area (Å²) in [6.07, 6.45) is 0. The quantitative estimate of drug-likeness (QED) is 0.642. The van der Waals surface area contributed by atoms with Gasteiger partial charge in [-0.1, -0.05) is 35.5 Å². The lowest BCUT2D eigenvalue weighted by Gasteiger charge is -2.07. The number of amides is 1. The van der Waals surface area contributed by atoms with Gasteiger partial charge in [-0.2, -0.15) is 11.8 Å². The molecule has 3 aromatic rings. The summed E-state index contributed by atoms with van der Waals surface area (Å²) in [7, 11) is 0. The van der Waals surface area contributed by atoms with E-state index in [-0.39, 0.29) is 23.8 Å². The Morgan fingerprint density at radius 1 is 1.15 bits per heavy atom. The van der Waals surface area contributed by atoms with Gasteiger partial charge in [-0.05, 0) is 23.8 Å². The first-order chi connectivity index (χ1) is 12.6. The van der Waals surface area contributed by atoms with Gasteiger partial charge in [0.15, 0.2) is 0 Å². The zero-order chi connectivity index (χ0) is 18.4. The Morgan fingerprint density at radius 3 is 2.77 bits per heavy atom. The summed E-state index contributed by atoms with van der Waals surface area (Å²) in [5.74, 6) is 0.637. The lowest BCUT2D eigenvalue weighted by Crippen LogP contribution is -2.35. The third kappa shape index (κ3) is 4.45. The van der Waals surface area contributed by atoms with E-state index in [9.17, 15) is 14.0 Å². The van der Waals surface area contributed by atoms with E-state index in [0.717, 1.165) is 4.68 Å². The van der Waals surface area contributed by atoms with E-state index in [4.69, 9.17) is 0 Å². The van der Waals surface area contributed by atoms with Gasteiger partial charge in [-0.3, -0.25) is 9.59 Å². The molecule has 8 heteroatoms. The highest BCUT2D eigenvalue weighted by atomic mass is 32.2. The maximum Gasteiger partial charge on any atom is 0.278 e. The second-order valence-corrected chi connectivity index (χ2v) is 6.67. The van der Waals surface area contributed by atoms with E-state index in [0.29, 0.717) is 34.5 Å². The third-order valence-electron chi connectivity index (χ3n) is 3.71. The molecule has 1 heterocycles. The van der Waals surface area contributed by atoms with Crippen molar-refractivity contribution >= 4 is 28.6 Å². The monoisotopic (exact) mass is 372 g/mol. The number of benzene rings is 2. The van der Waals surface area contributed by atoms with Crippen molar-refractivity contribution in [1.29, 1.82) is 0 Å². The fraction of sp³-hybridized carbons (Fsp3) is 0.222. The SMILES string of the molecule is O=C(Cn1nnc2ccccc2c1=O)NCCSCc1ccccc1F. The van der Waals surface area contributed by atoms with E-state index in [1.54, 1.807) is 42.5 Å². The van der Waals surface area contributed by atoms with E-state index in [2.05, 4.69) is 15.6 Å². The van der Waals surface area contributed by atoms with Crippen LogP contribution in [0.5, 0.6) is 0 Å². The van der Waals surface area contributed by atoms with Gasteiger partial charge in [0, 0.05) is 18.1 Å². The molecule has 0 spiro atoms. The maximum absolute atomic E-state index is 13.5. The Labute approximate surface area is 153 Å². The summed E-state index contributed by atoms with van der Waals surface area (Å²) in [5, 5.41) is 10.9. The maximum atomic E-state index is 13.5. The van der Waals surface area contributed by atoms with Crippen LogP contribution < -0.4 is 10.9 Å². The van der Waals surface area contributed by atoms with Gasteiger partial charge in [0.2, 0.25) is 5.91 Å². The summed E-state index contributed by atoms with van der Waals surface area (Å²) in [4.78, 5) is 24.2. The molecule has 1 aromatic heterocycles. The molecular weight excluding hydrogens is 355 g/mol. The standard InChI is InChI=1S/C18H17FN4O2S/c19-15-7-3-1-5-13(15)12-26-10-9-20-17(24)11-23-18(25)14-6-2-4-8-16(14)21-22-23/h1-8H,9-12H2,(H,20,24). The molecule has 1 N–H and O–H groups in total. The van der Waals surface area contributed by atoms with Gasteiger partial charge in [-0.15, -0.1) is 5.10 Å². The predicted octanol–water partition coefficient (Wildman–Crippen LogP) is 1.98. The van der Waals surface area contributed by atoms with Gasteiger partial charge in [0.1, 0.15) is 17.9 Å². The second kappa shape index (κ2) is 8.57. The van der Waals surface area contributed by atoms with Crippen molar-refractivity contribution in [1.82, 2.24) is 20.3 Å². The van der Waals surface area contributed by atoms with Crippen molar-refractivity contribution in [3.05, 3.63) is 70.3 Å². The van der Waals surface area contributed by atoms with Gasteiger partial charge in [0.05, 0.1) is 5.39 Å². The zero-order valence-electron chi connectivity index (χ0n) is 13.9. The highest BCUT2D eigenvalue weighted by Gasteiger charge is 2.09. The number of nitrogens with zero attached hydrogens (tertiary/aromatic N) is 3. The first kappa shape index (κ1) is 18.1. The molecule has 0 unspecified atom stereocenters. The zero-order valence-corrected chi connectivity index (χ0v) is 14.7. The van der Waals surface area contributed by atoms with Gasteiger partial charge in [0.25, 0.3) is 5.56 Å². The molecule has 0 saturated heterocycles. The van der Waals surface area contributed by atoms with Crippen molar-refractivity contribution in [2.24, 2.45) is 0 Å². The Bertz CT molecular complexity index is 977. The van der Waals surface area contributed by atoms with Crippen LogP contribution in [0.25, 0.3) is 10.9 Å². The molecule has 6 nitrogen and oxygen atoms in total. The van der Waals surface area contributed by atoms with Crippen molar-refractivity contribution in [3.8, 4) is 0 Å². The van der Waals surface area contributed by atoms with Gasteiger partial charge < -0.3 is 5.32 Å². The number of halogens is 1. The minimum Gasteiger partial charge on any atom is -0.354 e. The first-order valence-electron chi connectivity index (χ1n) is 8.05. The largest absolute Gasteiger partial charge is 0.354 e. The molecule has 0 aliphatic carbocycles. The summed E-state index contributed by atoms with van der Waals surface area (Å²) >= 11 is 1.52. The summed E-state index contributed by atoms with van der Waals surface area (Å²) in [6, 6.07) is 13.5. The van der Waals surface area contributed by atoms with E-state index in [1.807, 2.05) is 0 Å². The molecule has 2 aromatic carbocycles. The minimum atomic E-state index is -0.348. The topological polar surface area (TPSA) is 76.9 Å². The van der Waals surface area contributed by atoms with Gasteiger partial charge in [-0.25, -0.2) is 9.07 Å². The molecule has 0 bridgehead atoms. The number of fused-ring (bicyclic) bond motifs is 1. The Kier molecular flexibility index (Phi) is 5.96. The number of aromatic nitrogens is 3. The average molecular weight is 372 g/mol. The predicted molar refractivity (Wildman–Crippen MR) is 99.4 cm³/mol. The number of hydrogen-bond donors (Lipinski definition) is 1. The molecule has 134 valence electrons. The molecule has 0 aliphatic heterocycles. The van der Waals surface area contributed by atoms with Crippen LogP contribution in [0, 0.1) is 5.82 Å². The number of rotatable bonds is 7. The molecule has 0 atom stereocenters. The average Bonchev–Trinajstić information content (AvgIpc) is 2.65. The number of nitrogens with one attached hydrogen (secondary N) is 1. The molecule has 0 saturated carbocycles. The molecule has 0 aliphatic rings. The fourth-order valence-electron chi connectivity index (χ4n) is 2.38. The molecule has 26 heavy (non-hydrogen) atoms. The van der Waals surface area contributed by atoms with Crippen LogP contribution >= 0.6 is 11.8 Å². The van der Waals surface area contributed by atoms with Gasteiger partial charge >= 0.3 is 0 Å². The summed E-state index contributed by atoms with van der Waals surface area (Å²) in [5.41, 5.74) is 0.792. The first-order valence-corrected chi connectivity index (χ1v) is 9.21. The summed E-state index contributed by atoms with van der Waals surface area (Å²) < 4.78 is 14.5. The van der Waals surface area contributed by atoms with Crippen LogP contribution in [-0.4, -0.2) is 33.2 Å². The molecule has 3 rings (SSSR count). The molecule has 0 fully saturated rings. The van der Waals surface area contributed by atoms with Crippen LogP contribution in [0.15, 0.2) is 53.3 Å². The van der Waals surface area contributed by atoms with Crippen molar-refractivity contribution < 1.29 is 9.18 Å². The van der Waals surface area contributed by atoms with E-state index >= 15 is 0 Å². The molecule has 0 radical (unpaired) electrons. The minimum absolute atomic E-state index is 0.186. The van der Waals surface area contributed by atoms with E-state index < -0.39 is 0 Å². The van der Waals surface area contributed by atoms with Crippen LogP contribution in [-0.2, 0) is 17.1 Å². The smallest absolute Gasteiger partial charge is 0.278 e. The van der Waals surface area contributed by atoms with Crippen LogP contribution in [0.4, 0.5) is 4.39 Å². The number of hydrogen-bond acceptors (Lipinski definition) is 5. The van der Waals surface area contributed by atoms with Crippen LogP contribution in [0.3, 0.4) is 0 Å². The molecule has 1 amide bonds. The molecular formula is C18H17FN4O2S. The normalized spacial score (nSPS) is 10.8. The second-order valence-electron chi connectivity index (χ2n) is 5.56. The number of carbonyl (C=O) groups excluding carboxylic acids is 1. The van der Waals surface area contributed by atoms with E-state index in [1.165, 1.54) is 17.8 Å². The lowest BCUT2D eigenvalue weighted by atomic mass is 10.2. The Morgan fingerprint density at radius 2 is 1.92 bits per heavy atom. The Hall–Kier alpha value is -2.74. The van der Waals surface area contributed by atoms with Crippen LogP contribution in [0.1, 0.15) is 5.56 Å². The fourth-order valence-corrected chi connectivity index (χ4v) is 3.22. The van der Waals surface area contributed by atoms with Crippen LogP contribution in [0.2, 0.25) is 0 Å². The van der Waals surface area contributed by atoms with Crippen molar-refractivity contribution in [2.45, 2.75) is 12.3 Å². The highest BCUT2D eigenvalue weighted by Crippen LogP contribution is 2.14. The van der Waals surface area contributed by atoms with Crippen molar-refractivity contribution in [3.63, 3.8) is 0 Å². The summed E-state index contributed by atoms with van der Waals surface area (Å²) in [6.45, 7) is 0.238. The Balaban J connectivity index is 1.47.